The predicted molar refractivity (Wildman–Crippen MR) is 119 cm³/mol. The molecule has 3 aliphatic heterocycles. The first-order valence-corrected chi connectivity index (χ1v) is 10.8. The Kier molecular flexibility index (Phi) is 9.23. The zero-order valence-corrected chi connectivity index (χ0v) is 18.2. The molecular formula is C20H31Cl2N3OS. The van der Waals surface area contributed by atoms with Crippen LogP contribution >= 0.6 is 36.6 Å². The second kappa shape index (κ2) is 10.9. The summed E-state index contributed by atoms with van der Waals surface area (Å²) in [6.07, 6.45) is 2.29. The van der Waals surface area contributed by atoms with Crippen molar-refractivity contribution in [2.45, 2.75) is 19.4 Å². The molecule has 4 nitrogen and oxygen atoms in total. The predicted octanol–water partition coefficient (Wildman–Crippen LogP) is 3.15. The van der Waals surface area contributed by atoms with Crippen LogP contribution in [0, 0.1) is 11.8 Å². The van der Waals surface area contributed by atoms with Gasteiger partial charge in [-0.05, 0) is 55.5 Å². The molecular weight excluding hydrogens is 401 g/mol. The maximum Gasteiger partial charge on any atom is 0.253 e. The maximum absolute atomic E-state index is 12.9. The molecule has 27 heavy (non-hydrogen) atoms. The molecule has 1 aromatic carbocycles. The zero-order valence-electron chi connectivity index (χ0n) is 15.8. The summed E-state index contributed by atoms with van der Waals surface area (Å²) in [5.74, 6) is 4.23. The largest absolute Gasteiger partial charge is 0.339 e. The highest BCUT2D eigenvalue weighted by Gasteiger charge is 2.31. The van der Waals surface area contributed by atoms with Gasteiger partial charge in [0.15, 0.2) is 0 Å². The van der Waals surface area contributed by atoms with Crippen LogP contribution in [0.15, 0.2) is 24.3 Å². The van der Waals surface area contributed by atoms with Gasteiger partial charge >= 0.3 is 0 Å². The monoisotopic (exact) mass is 431 g/mol. The number of hydrogen-bond donors (Lipinski definition) is 1. The lowest BCUT2D eigenvalue weighted by Crippen LogP contribution is -2.33. The van der Waals surface area contributed by atoms with E-state index in [1.54, 1.807) is 0 Å². The summed E-state index contributed by atoms with van der Waals surface area (Å²) in [4.78, 5) is 17.5. The second-order valence-electron chi connectivity index (χ2n) is 7.63. The molecule has 4 rings (SSSR count). The Morgan fingerprint density at radius 3 is 2.15 bits per heavy atom. The van der Waals surface area contributed by atoms with E-state index in [0.29, 0.717) is 0 Å². The Hall–Kier alpha value is -0.460. The molecule has 1 amide bonds. The van der Waals surface area contributed by atoms with Gasteiger partial charge in [0.25, 0.3) is 5.91 Å². The standard InChI is InChI=1S/C20H29N3OS.2ClH/c24-20(23-7-5-18-13-21-14-19(18)6-8-23)17-3-1-16(2-4-17)15-22-9-11-25-12-10-22;;/h1-4,18-19,21H,5-15H2;2*1H/t18-,19+;;. The van der Waals surface area contributed by atoms with Gasteiger partial charge in [0, 0.05) is 49.8 Å². The topological polar surface area (TPSA) is 35.6 Å². The molecule has 152 valence electrons. The average Bonchev–Trinajstić information content (AvgIpc) is 3.01. The van der Waals surface area contributed by atoms with Gasteiger partial charge in [-0.1, -0.05) is 12.1 Å². The fraction of sp³-hybridized carbons (Fsp3) is 0.650. The number of halogens is 2. The molecule has 7 heteroatoms. The van der Waals surface area contributed by atoms with Crippen LogP contribution < -0.4 is 5.32 Å². The van der Waals surface area contributed by atoms with E-state index in [4.69, 9.17) is 0 Å². The first kappa shape index (κ1) is 22.8. The summed E-state index contributed by atoms with van der Waals surface area (Å²) in [6, 6.07) is 8.35. The van der Waals surface area contributed by atoms with Crippen molar-refractivity contribution in [3.63, 3.8) is 0 Å². The summed E-state index contributed by atoms with van der Waals surface area (Å²) >= 11 is 2.04. The molecule has 1 aromatic rings. The van der Waals surface area contributed by atoms with Gasteiger partial charge < -0.3 is 10.2 Å². The molecule has 1 N–H and O–H groups in total. The molecule has 2 atom stereocenters. The molecule has 0 radical (unpaired) electrons. The molecule has 0 unspecified atom stereocenters. The van der Waals surface area contributed by atoms with Crippen molar-refractivity contribution in [1.82, 2.24) is 15.1 Å². The van der Waals surface area contributed by atoms with E-state index in [-0.39, 0.29) is 30.7 Å². The van der Waals surface area contributed by atoms with Crippen molar-refractivity contribution < 1.29 is 4.79 Å². The number of thioether (sulfide) groups is 1. The number of fused-ring (bicyclic) bond motifs is 1. The van der Waals surface area contributed by atoms with Crippen LogP contribution in [0.5, 0.6) is 0 Å². The van der Waals surface area contributed by atoms with Crippen LogP contribution in [0.25, 0.3) is 0 Å². The minimum absolute atomic E-state index is 0. The number of hydrogen-bond acceptors (Lipinski definition) is 4. The Morgan fingerprint density at radius 2 is 1.56 bits per heavy atom. The lowest BCUT2D eigenvalue weighted by atomic mass is 9.92. The molecule has 3 aliphatic rings. The Morgan fingerprint density at radius 1 is 0.963 bits per heavy atom. The zero-order chi connectivity index (χ0) is 17.1. The molecule has 3 saturated heterocycles. The fourth-order valence-electron chi connectivity index (χ4n) is 4.37. The van der Waals surface area contributed by atoms with Crippen molar-refractivity contribution in [2.24, 2.45) is 11.8 Å². The molecule has 3 heterocycles. The van der Waals surface area contributed by atoms with Gasteiger partial charge in [0.1, 0.15) is 0 Å². The van der Waals surface area contributed by atoms with Crippen LogP contribution in [0.1, 0.15) is 28.8 Å². The van der Waals surface area contributed by atoms with E-state index in [0.717, 1.165) is 63.0 Å². The molecule has 0 spiro atoms. The average molecular weight is 432 g/mol. The molecule has 0 bridgehead atoms. The lowest BCUT2D eigenvalue weighted by Gasteiger charge is -2.26. The third-order valence-corrected chi connectivity index (χ3v) is 6.96. The number of amides is 1. The van der Waals surface area contributed by atoms with E-state index >= 15 is 0 Å². The second-order valence-corrected chi connectivity index (χ2v) is 8.86. The van der Waals surface area contributed by atoms with Gasteiger partial charge in [-0.2, -0.15) is 11.8 Å². The Balaban J connectivity index is 0.00000131. The fourth-order valence-corrected chi connectivity index (χ4v) is 5.35. The maximum atomic E-state index is 12.9. The highest BCUT2D eigenvalue weighted by atomic mass is 35.5. The van der Waals surface area contributed by atoms with Crippen molar-refractivity contribution in [3.8, 4) is 0 Å². The van der Waals surface area contributed by atoms with Crippen molar-refractivity contribution in [2.75, 3.05) is 50.8 Å². The van der Waals surface area contributed by atoms with Gasteiger partial charge in [-0.25, -0.2) is 0 Å². The van der Waals surface area contributed by atoms with Gasteiger partial charge in [0.05, 0.1) is 0 Å². The minimum atomic E-state index is 0. The van der Waals surface area contributed by atoms with Gasteiger partial charge in [-0.3, -0.25) is 9.69 Å². The number of nitrogens with one attached hydrogen (secondary N) is 1. The van der Waals surface area contributed by atoms with Crippen molar-refractivity contribution in [1.29, 1.82) is 0 Å². The number of likely N-dealkylation sites (tertiary alicyclic amines) is 1. The Labute approximate surface area is 179 Å². The van der Waals surface area contributed by atoms with Crippen molar-refractivity contribution >= 4 is 42.5 Å². The summed E-state index contributed by atoms with van der Waals surface area (Å²) < 4.78 is 0. The summed E-state index contributed by atoms with van der Waals surface area (Å²) in [7, 11) is 0. The third-order valence-electron chi connectivity index (χ3n) is 6.02. The van der Waals surface area contributed by atoms with Crippen LogP contribution in [0.2, 0.25) is 0 Å². The van der Waals surface area contributed by atoms with E-state index in [2.05, 4.69) is 27.2 Å². The highest BCUT2D eigenvalue weighted by Crippen LogP contribution is 2.27. The third kappa shape index (κ3) is 5.77. The van der Waals surface area contributed by atoms with E-state index < -0.39 is 0 Å². The number of benzene rings is 1. The normalized spacial score (nSPS) is 25.7. The highest BCUT2D eigenvalue weighted by molar-refractivity contribution is 7.99. The Bertz CT molecular complexity index is 581. The molecule has 0 aromatic heterocycles. The van der Waals surface area contributed by atoms with Crippen LogP contribution in [0.3, 0.4) is 0 Å². The van der Waals surface area contributed by atoms with Crippen LogP contribution in [-0.4, -0.2) is 66.5 Å². The number of carbonyl (C=O) groups is 1. The summed E-state index contributed by atoms with van der Waals surface area (Å²) in [6.45, 7) is 7.46. The number of nitrogens with zero attached hydrogens (tertiary/aromatic N) is 2. The SMILES string of the molecule is Cl.Cl.O=C(c1ccc(CN2CCSCC2)cc1)N1CC[C@@H]2CNC[C@@H]2CC1. The van der Waals surface area contributed by atoms with E-state index in [1.165, 1.54) is 30.2 Å². The first-order valence-electron chi connectivity index (χ1n) is 9.68. The number of carbonyl (C=O) groups excluding carboxylic acids is 1. The smallest absolute Gasteiger partial charge is 0.253 e. The summed E-state index contributed by atoms with van der Waals surface area (Å²) in [5.41, 5.74) is 2.17. The van der Waals surface area contributed by atoms with Crippen molar-refractivity contribution in [3.05, 3.63) is 35.4 Å². The molecule has 0 aliphatic carbocycles. The number of rotatable bonds is 3. The summed E-state index contributed by atoms with van der Waals surface area (Å²) in [5, 5.41) is 3.50. The van der Waals surface area contributed by atoms with E-state index in [9.17, 15) is 4.79 Å². The van der Waals surface area contributed by atoms with E-state index in [1.807, 2.05) is 23.9 Å². The van der Waals surface area contributed by atoms with Gasteiger partial charge in [-0.15, -0.1) is 24.8 Å². The molecule has 0 saturated carbocycles. The van der Waals surface area contributed by atoms with Gasteiger partial charge in [0.2, 0.25) is 0 Å². The van der Waals surface area contributed by atoms with Crippen LogP contribution in [0.4, 0.5) is 0 Å². The lowest BCUT2D eigenvalue weighted by molar-refractivity contribution is 0.0758. The quantitative estimate of drug-likeness (QED) is 0.796. The minimum Gasteiger partial charge on any atom is -0.339 e. The molecule has 3 fully saturated rings. The van der Waals surface area contributed by atoms with Crippen LogP contribution in [-0.2, 0) is 6.54 Å². The first-order chi connectivity index (χ1) is 12.3.